The van der Waals surface area contributed by atoms with E-state index in [0.717, 1.165) is 5.56 Å². The van der Waals surface area contributed by atoms with Crippen LogP contribution in [-0.4, -0.2) is 19.1 Å². The molecule has 0 atom stereocenters. The minimum absolute atomic E-state index is 0.353. The summed E-state index contributed by atoms with van der Waals surface area (Å²) in [6.07, 6.45) is 1.59. The predicted molar refractivity (Wildman–Crippen MR) is 91.5 cm³/mol. The number of nitrogens with zero attached hydrogens (tertiary/aromatic N) is 3. The average Bonchev–Trinajstić information content (AvgIpc) is 3.00. The van der Waals surface area contributed by atoms with Crippen molar-refractivity contribution in [2.45, 2.75) is 6.54 Å². The minimum atomic E-state index is -0.497. The Morgan fingerprint density at radius 2 is 1.58 bits per heavy atom. The van der Waals surface area contributed by atoms with Crippen molar-refractivity contribution in [2.24, 2.45) is 0 Å². The summed E-state index contributed by atoms with van der Waals surface area (Å²) in [6, 6.07) is 18.9. The Balaban J connectivity index is 1.94. The summed E-state index contributed by atoms with van der Waals surface area (Å²) in [5, 5.41) is 0. The van der Waals surface area contributed by atoms with E-state index in [2.05, 4.69) is 9.97 Å². The summed E-state index contributed by atoms with van der Waals surface area (Å²) < 4.78 is 3.17. The first-order valence-electron chi connectivity index (χ1n) is 7.53. The van der Waals surface area contributed by atoms with Crippen LogP contribution in [0.2, 0.25) is 0 Å². The second-order valence-electron chi connectivity index (χ2n) is 5.46. The van der Waals surface area contributed by atoms with E-state index in [1.54, 1.807) is 23.0 Å². The summed E-state index contributed by atoms with van der Waals surface area (Å²) in [6.45, 7) is 0.507. The highest BCUT2D eigenvalue weighted by atomic mass is 16.2. The topological polar surface area (TPSA) is 72.7 Å². The molecule has 0 aliphatic rings. The van der Waals surface area contributed by atoms with Gasteiger partial charge in [-0.25, -0.2) is 14.3 Å². The van der Waals surface area contributed by atoms with Crippen molar-refractivity contribution in [3.8, 4) is 5.69 Å². The molecule has 6 heteroatoms. The van der Waals surface area contributed by atoms with Gasteiger partial charge in [0, 0.05) is 6.54 Å². The van der Waals surface area contributed by atoms with Crippen molar-refractivity contribution in [1.29, 1.82) is 0 Å². The molecule has 2 aromatic heterocycles. The van der Waals surface area contributed by atoms with Gasteiger partial charge in [-0.05, 0) is 17.7 Å². The lowest BCUT2D eigenvalue weighted by atomic mass is 10.2. The first-order chi connectivity index (χ1) is 11.7. The Morgan fingerprint density at radius 3 is 2.29 bits per heavy atom. The molecule has 1 N–H and O–H groups in total. The molecule has 4 aromatic rings. The van der Waals surface area contributed by atoms with Crippen LogP contribution in [0.25, 0.3) is 16.9 Å². The molecule has 0 amide bonds. The van der Waals surface area contributed by atoms with Crippen LogP contribution in [0.3, 0.4) is 0 Å². The van der Waals surface area contributed by atoms with Gasteiger partial charge in [-0.15, -0.1) is 0 Å². The van der Waals surface area contributed by atoms with E-state index < -0.39 is 11.2 Å². The van der Waals surface area contributed by atoms with E-state index in [9.17, 15) is 9.59 Å². The van der Waals surface area contributed by atoms with Crippen LogP contribution >= 0.6 is 0 Å². The molecule has 0 unspecified atom stereocenters. The first-order valence-corrected chi connectivity index (χ1v) is 7.53. The standard InChI is InChI=1S/C18H14N4O2/c23-17-15-16(19-12-21(15)11-13-7-3-1-4-8-13)22(18(24)20-17)14-9-5-2-6-10-14/h1-10,12H,11H2,(H,20,23,24). The summed E-state index contributed by atoms with van der Waals surface area (Å²) in [4.78, 5) is 31.3. The zero-order chi connectivity index (χ0) is 16.5. The fraction of sp³-hybridized carbons (Fsp3) is 0.0556. The number of H-pyrrole nitrogens is 1. The van der Waals surface area contributed by atoms with Crippen LogP contribution in [0.1, 0.15) is 5.56 Å². The summed E-state index contributed by atoms with van der Waals surface area (Å²) in [5.74, 6) is 0. The summed E-state index contributed by atoms with van der Waals surface area (Å²) >= 11 is 0. The van der Waals surface area contributed by atoms with Crippen LogP contribution in [0.15, 0.2) is 76.6 Å². The van der Waals surface area contributed by atoms with Gasteiger partial charge in [0.1, 0.15) is 0 Å². The zero-order valence-corrected chi connectivity index (χ0v) is 12.7. The SMILES string of the molecule is O=c1[nH]c(=O)n(-c2ccccc2)c2ncn(Cc3ccccc3)c12. The number of hydrogen-bond donors (Lipinski definition) is 1. The van der Waals surface area contributed by atoms with E-state index in [4.69, 9.17) is 0 Å². The number of hydrogen-bond acceptors (Lipinski definition) is 3. The van der Waals surface area contributed by atoms with Crippen molar-refractivity contribution >= 4 is 11.2 Å². The number of fused-ring (bicyclic) bond motifs is 1. The quantitative estimate of drug-likeness (QED) is 0.627. The second-order valence-corrected chi connectivity index (χ2v) is 5.46. The molecule has 0 aliphatic carbocycles. The number of aromatic amines is 1. The maximum absolute atomic E-state index is 12.3. The zero-order valence-electron chi connectivity index (χ0n) is 12.7. The third-order valence-electron chi connectivity index (χ3n) is 3.88. The van der Waals surface area contributed by atoms with E-state index in [-0.39, 0.29) is 0 Å². The van der Waals surface area contributed by atoms with Crippen LogP contribution in [0, 0.1) is 0 Å². The number of para-hydroxylation sites is 1. The van der Waals surface area contributed by atoms with Gasteiger partial charge in [0.05, 0.1) is 12.0 Å². The molecule has 6 nitrogen and oxygen atoms in total. The highest BCUT2D eigenvalue weighted by molar-refractivity contribution is 5.72. The Hall–Kier alpha value is -3.41. The molecule has 0 bridgehead atoms. The second kappa shape index (κ2) is 5.66. The van der Waals surface area contributed by atoms with Gasteiger partial charge in [-0.3, -0.25) is 9.78 Å². The number of nitrogens with one attached hydrogen (secondary N) is 1. The first kappa shape index (κ1) is 14.2. The molecule has 0 saturated heterocycles. The smallest absolute Gasteiger partial charge is 0.320 e. The Morgan fingerprint density at radius 1 is 0.917 bits per heavy atom. The molecule has 2 aromatic carbocycles. The lowest BCUT2D eigenvalue weighted by molar-refractivity contribution is 0.817. The molecule has 24 heavy (non-hydrogen) atoms. The maximum Gasteiger partial charge on any atom is 0.334 e. The number of benzene rings is 2. The average molecular weight is 318 g/mol. The fourth-order valence-corrected chi connectivity index (χ4v) is 2.79. The van der Waals surface area contributed by atoms with Crippen LogP contribution in [0.5, 0.6) is 0 Å². The predicted octanol–water partition coefficient (Wildman–Crippen LogP) is 1.92. The van der Waals surface area contributed by atoms with Gasteiger partial charge in [-0.1, -0.05) is 48.5 Å². The number of aromatic nitrogens is 4. The highest BCUT2D eigenvalue weighted by Crippen LogP contribution is 2.13. The van der Waals surface area contributed by atoms with Crippen LogP contribution in [-0.2, 0) is 6.54 Å². The van der Waals surface area contributed by atoms with Crippen LogP contribution < -0.4 is 11.2 Å². The van der Waals surface area contributed by atoms with Crippen molar-refractivity contribution in [3.63, 3.8) is 0 Å². The van der Waals surface area contributed by atoms with Gasteiger partial charge in [0.2, 0.25) is 0 Å². The third kappa shape index (κ3) is 2.34. The van der Waals surface area contributed by atoms with Gasteiger partial charge in [-0.2, -0.15) is 0 Å². The van der Waals surface area contributed by atoms with Gasteiger partial charge < -0.3 is 4.57 Å². The monoisotopic (exact) mass is 318 g/mol. The van der Waals surface area contributed by atoms with Crippen molar-refractivity contribution in [3.05, 3.63) is 93.4 Å². The Labute approximate surface area is 136 Å². The lowest BCUT2D eigenvalue weighted by Gasteiger charge is -2.07. The summed E-state index contributed by atoms with van der Waals surface area (Å²) in [7, 11) is 0. The van der Waals surface area contributed by atoms with Crippen molar-refractivity contribution < 1.29 is 0 Å². The normalized spacial score (nSPS) is 11.0. The van der Waals surface area contributed by atoms with Gasteiger partial charge >= 0.3 is 5.69 Å². The van der Waals surface area contributed by atoms with Crippen molar-refractivity contribution in [2.75, 3.05) is 0 Å². The molecule has 2 heterocycles. The molecular formula is C18H14N4O2. The molecule has 0 saturated carbocycles. The van der Waals surface area contributed by atoms with E-state index in [1.165, 1.54) is 4.57 Å². The number of imidazole rings is 1. The Kier molecular flexibility index (Phi) is 3.35. The maximum atomic E-state index is 12.3. The van der Waals surface area contributed by atoms with E-state index >= 15 is 0 Å². The largest absolute Gasteiger partial charge is 0.334 e. The molecule has 4 rings (SSSR count). The van der Waals surface area contributed by atoms with E-state index in [1.807, 2.05) is 48.5 Å². The lowest BCUT2D eigenvalue weighted by Crippen LogP contribution is -2.30. The molecular weight excluding hydrogens is 304 g/mol. The molecule has 0 aliphatic heterocycles. The molecule has 0 spiro atoms. The fourth-order valence-electron chi connectivity index (χ4n) is 2.79. The Bertz CT molecular complexity index is 1110. The van der Waals surface area contributed by atoms with Gasteiger partial charge in [0.15, 0.2) is 11.2 Å². The molecule has 118 valence electrons. The highest BCUT2D eigenvalue weighted by Gasteiger charge is 2.14. The molecule has 0 fully saturated rings. The van der Waals surface area contributed by atoms with Crippen molar-refractivity contribution in [1.82, 2.24) is 19.1 Å². The minimum Gasteiger partial charge on any atom is -0.320 e. The third-order valence-corrected chi connectivity index (χ3v) is 3.88. The summed E-state index contributed by atoms with van der Waals surface area (Å²) in [5.41, 5.74) is 1.51. The van der Waals surface area contributed by atoms with Gasteiger partial charge in [0.25, 0.3) is 5.56 Å². The number of rotatable bonds is 3. The van der Waals surface area contributed by atoms with Crippen LogP contribution in [0.4, 0.5) is 0 Å². The molecule has 0 radical (unpaired) electrons. The van der Waals surface area contributed by atoms with E-state index in [0.29, 0.717) is 23.4 Å².